The summed E-state index contributed by atoms with van der Waals surface area (Å²) in [5.41, 5.74) is 4.05. The van der Waals surface area contributed by atoms with E-state index in [-0.39, 0.29) is 11.9 Å². The quantitative estimate of drug-likeness (QED) is 0.365. The summed E-state index contributed by atoms with van der Waals surface area (Å²) >= 11 is 0. The number of hydrogen-bond donors (Lipinski definition) is 1. The summed E-state index contributed by atoms with van der Waals surface area (Å²) < 4.78 is 35.5. The van der Waals surface area contributed by atoms with Gasteiger partial charge in [-0.3, -0.25) is 4.79 Å². The van der Waals surface area contributed by atoms with Crippen molar-refractivity contribution in [2.45, 2.75) is 25.8 Å². The van der Waals surface area contributed by atoms with E-state index in [1.165, 1.54) is 18.3 Å². The van der Waals surface area contributed by atoms with E-state index >= 15 is 0 Å². The lowest BCUT2D eigenvalue weighted by molar-refractivity contribution is 0.102. The molecule has 1 N–H and O–H groups in total. The lowest BCUT2D eigenvalue weighted by Gasteiger charge is -2.27. The molecule has 0 saturated carbocycles. The number of nitrogens with zero attached hydrogens (tertiary/aromatic N) is 4. The number of anilines is 2. The molecule has 3 aromatic heterocycles. The van der Waals surface area contributed by atoms with Crippen LogP contribution in [-0.2, 0) is 0 Å². The number of halogens is 2. The molecular weight excluding hydrogens is 452 g/mol. The maximum absolute atomic E-state index is 14.5. The van der Waals surface area contributed by atoms with E-state index in [0.29, 0.717) is 46.8 Å². The summed E-state index contributed by atoms with van der Waals surface area (Å²) in [6, 6.07) is 12.3. The number of benzene rings is 2. The minimum Gasteiger partial charge on any atom is -0.441 e. The number of carbonyl (C=O) groups is 1. The molecule has 5 aromatic rings. The Morgan fingerprint density at radius 3 is 2.91 bits per heavy atom. The number of aromatic nitrogens is 3. The molecule has 1 amide bonds. The lowest BCUT2D eigenvalue weighted by Crippen LogP contribution is -2.23. The molecule has 1 aliphatic rings. The van der Waals surface area contributed by atoms with Gasteiger partial charge < -0.3 is 14.6 Å². The highest BCUT2D eigenvalue weighted by Crippen LogP contribution is 2.38. The van der Waals surface area contributed by atoms with Crippen LogP contribution in [0.1, 0.15) is 40.7 Å². The zero-order valence-electron chi connectivity index (χ0n) is 18.8. The standard InChI is InChI=1S/C26H21F2N5O2/c1-15-30-22-7-5-17(12-25(22)35-15)31-26(34)20-14-29-33-10-8-18(13-24(20)33)32-9-2-3-23(32)19-11-16(27)4-6-21(19)28/h4-8,10-14,23H,2-3,9H2,1H3,(H,31,34)/t23-/m1/s1. The van der Waals surface area contributed by atoms with Gasteiger partial charge in [0.1, 0.15) is 17.2 Å². The number of pyridine rings is 1. The fourth-order valence-electron chi connectivity index (χ4n) is 4.81. The van der Waals surface area contributed by atoms with E-state index in [0.717, 1.165) is 23.7 Å². The number of aryl methyl sites for hydroxylation is 1. The van der Waals surface area contributed by atoms with Crippen LogP contribution in [-0.4, -0.2) is 27.0 Å². The van der Waals surface area contributed by atoms with Gasteiger partial charge in [-0.2, -0.15) is 5.10 Å². The predicted molar refractivity (Wildman–Crippen MR) is 128 cm³/mol. The average molecular weight is 473 g/mol. The van der Waals surface area contributed by atoms with Gasteiger partial charge in [-0.25, -0.2) is 18.3 Å². The maximum atomic E-state index is 14.5. The van der Waals surface area contributed by atoms with Crippen molar-refractivity contribution < 1.29 is 18.0 Å². The number of hydrogen-bond acceptors (Lipinski definition) is 5. The highest BCUT2D eigenvalue weighted by molar-refractivity contribution is 6.09. The van der Waals surface area contributed by atoms with Crippen LogP contribution in [0.2, 0.25) is 0 Å². The Morgan fingerprint density at radius 2 is 2.03 bits per heavy atom. The van der Waals surface area contributed by atoms with Gasteiger partial charge in [-0.1, -0.05) is 0 Å². The monoisotopic (exact) mass is 473 g/mol. The largest absolute Gasteiger partial charge is 0.441 e. The SMILES string of the molecule is Cc1nc2ccc(NC(=O)c3cnn4ccc(N5CCC[C@@H]5c5cc(F)ccc5F)cc34)cc2o1. The minimum atomic E-state index is -0.461. The molecule has 6 rings (SSSR count). The van der Waals surface area contributed by atoms with Gasteiger partial charge in [0.2, 0.25) is 0 Å². The van der Waals surface area contributed by atoms with Crippen LogP contribution < -0.4 is 10.2 Å². The summed E-state index contributed by atoms with van der Waals surface area (Å²) in [7, 11) is 0. The fraction of sp³-hybridized carbons (Fsp3) is 0.192. The summed E-state index contributed by atoms with van der Waals surface area (Å²) in [5.74, 6) is -0.649. The van der Waals surface area contributed by atoms with Gasteiger partial charge >= 0.3 is 0 Å². The van der Waals surface area contributed by atoms with Crippen LogP contribution in [0.15, 0.2) is 65.3 Å². The summed E-state index contributed by atoms with van der Waals surface area (Å²) in [4.78, 5) is 19.4. The smallest absolute Gasteiger partial charge is 0.259 e. The summed E-state index contributed by atoms with van der Waals surface area (Å²) in [6.07, 6.45) is 4.84. The van der Waals surface area contributed by atoms with Crippen LogP contribution in [0, 0.1) is 18.6 Å². The number of amides is 1. The Balaban J connectivity index is 1.31. The Morgan fingerprint density at radius 1 is 1.14 bits per heavy atom. The molecule has 1 saturated heterocycles. The third-order valence-electron chi connectivity index (χ3n) is 6.40. The first-order valence-corrected chi connectivity index (χ1v) is 11.3. The van der Waals surface area contributed by atoms with Crippen molar-refractivity contribution in [1.29, 1.82) is 0 Å². The average Bonchev–Trinajstić information content (AvgIpc) is 3.57. The maximum Gasteiger partial charge on any atom is 0.259 e. The van der Waals surface area contributed by atoms with Crippen molar-refractivity contribution in [2.75, 3.05) is 16.8 Å². The second kappa shape index (κ2) is 8.19. The topological polar surface area (TPSA) is 75.7 Å². The first-order chi connectivity index (χ1) is 17.0. The fourth-order valence-corrected chi connectivity index (χ4v) is 4.81. The number of fused-ring (bicyclic) bond motifs is 2. The number of oxazole rings is 1. The third kappa shape index (κ3) is 3.78. The van der Waals surface area contributed by atoms with Gasteiger partial charge in [0.25, 0.3) is 5.91 Å². The molecule has 0 spiro atoms. The van der Waals surface area contributed by atoms with Crippen molar-refractivity contribution in [3.05, 3.63) is 89.6 Å². The van der Waals surface area contributed by atoms with Crippen molar-refractivity contribution in [1.82, 2.24) is 14.6 Å². The molecule has 35 heavy (non-hydrogen) atoms. The summed E-state index contributed by atoms with van der Waals surface area (Å²) in [5, 5.41) is 7.19. The highest BCUT2D eigenvalue weighted by Gasteiger charge is 2.29. The molecule has 9 heteroatoms. The third-order valence-corrected chi connectivity index (χ3v) is 6.40. The second-order valence-corrected chi connectivity index (χ2v) is 8.66. The molecule has 7 nitrogen and oxygen atoms in total. The molecule has 1 aliphatic heterocycles. The van der Waals surface area contributed by atoms with Crippen LogP contribution in [0.5, 0.6) is 0 Å². The Labute approximate surface area is 199 Å². The van der Waals surface area contributed by atoms with Crippen molar-refractivity contribution in [3.63, 3.8) is 0 Å². The first-order valence-electron chi connectivity index (χ1n) is 11.3. The molecule has 0 radical (unpaired) electrons. The Hall–Kier alpha value is -4.27. The van der Waals surface area contributed by atoms with Gasteiger partial charge in [0.15, 0.2) is 11.5 Å². The zero-order valence-corrected chi connectivity index (χ0v) is 18.8. The van der Waals surface area contributed by atoms with Crippen molar-refractivity contribution >= 4 is 33.9 Å². The molecule has 1 atom stereocenters. The van der Waals surface area contributed by atoms with Gasteiger partial charge in [-0.05, 0) is 55.3 Å². The van der Waals surface area contributed by atoms with Crippen molar-refractivity contribution in [2.24, 2.45) is 0 Å². The van der Waals surface area contributed by atoms with E-state index in [2.05, 4.69) is 15.4 Å². The molecule has 0 unspecified atom stereocenters. The van der Waals surface area contributed by atoms with Crippen LogP contribution in [0.25, 0.3) is 16.6 Å². The highest BCUT2D eigenvalue weighted by atomic mass is 19.1. The van der Waals surface area contributed by atoms with Crippen LogP contribution >= 0.6 is 0 Å². The van der Waals surface area contributed by atoms with Gasteiger partial charge in [0.05, 0.1) is 23.3 Å². The van der Waals surface area contributed by atoms with E-state index in [1.54, 1.807) is 35.8 Å². The normalized spacial score (nSPS) is 15.9. The van der Waals surface area contributed by atoms with Gasteiger partial charge in [0, 0.05) is 42.7 Å². The molecule has 0 bridgehead atoms. The first kappa shape index (κ1) is 21.3. The Bertz CT molecular complexity index is 1590. The van der Waals surface area contributed by atoms with Crippen LogP contribution in [0.3, 0.4) is 0 Å². The molecule has 4 heterocycles. The minimum absolute atomic E-state index is 0.287. The van der Waals surface area contributed by atoms with E-state index in [1.807, 2.05) is 17.0 Å². The van der Waals surface area contributed by atoms with E-state index in [4.69, 9.17) is 4.42 Å². The molecule has 176 valence electrons. The lowest BCUT2D eigenvalue weighted by atomic mass is 10.0. The number of carbonyl (C=O) groups excluding carboxylic acids is 1. The number of rotatable bonds is 4. The van der Waals surface area contributed by atoms with Gasteiger partial charge in [-0.15, -0.1) is 0 Å². The van der Waals surface area contributed by atoms with Crippen LogP contribution in [0.4, 0.5) is 20.2 Å². The van der Waals surface area contributed by atoms with E-state index < -0.39 is 11.6 Å². The zero-order chi connectivity index (χ0) is 24.1. The molecule has 0 aliphatic carbocycles. The molecule has 2 aromatic carbocycles. The predicted octanol–water partition coefficient (Wildman–Crippen LogP) is 5.66. The van der Waals surface area contributed by atoms with E-state index in [9.17, 15) is 13.6 Å². The van der Waals surface area contributed by atoms with Crippen molar-refractivity contribution in [3.8, 4) is 0 Å². The molecular formula is C26H21F2N5O2. The summed E-state index contributed by atoms with van der Waals surface area (Å²) in [6.45, 7) is 2.46. The Kier molecular flexibility index (Phi) is 4.98. The molecule has 1 fully saturated rings. The number of nitrogens with one attached hydrogen (secondary N) is 1. The second-order valence-electron chi connectivity index (χ2n) is 8.66.